The number of fused-ring (bicyclic) bond motifs is 1. The average Bonchev–Trinajstić information content (AvgIpc) is 3.22. The fourth-order valence-electron chi connectivity index (χ4n) is 3.15. The summed E-state index contributed by atoms with van der Waals surface area (Å²) in [5.74, 6) is 0.0321. The number of hydrogen-bond acceptors (Lipinski definition) is 6. The summed E-state index contributed by atoms with van der Waals surface area (Å²) in [4.78, 5) is 12.6. The molecule has 9 heteroatoms. The van der Waals surface area contributed by atoms with Gasteiger partial charge in [0.1, 0.15) is 11.3 Å². The van der Waals surface area contributed by atoms with Crippen molar-refractivity contribution in [3.05, 3.63) is 65.9 Å². The number of benzene rings is 2. The lowest BCUT2D eigenvalue weighted by Crippen LogP contribution is -2.40. The normalized spacial score (nSPS) is 16.0. The third-order valence-electron chi connectivity index (χ3n) is 4.81. The molecule has 0 spiro atoms. The van der Waals surface area contributed by atoms with Crippen molar-refractivity contribution in [1.29, 1.82) is 0 Å². The van der Waals surface area contributed by atoms with E-state index in [1.54, 1.807) is 13.0 Å². The molecule has 1 fully saturated rings. The fourth-order valence-corrected chi connectivity index (χ4v) is 4.60. The van der Waals surface area contributed by atoms with Crippen LogP contribution in [0.25, 0.3) is 11.0 Å². The highest BCUT2D eigenvalue weighted by Crippen LogP contribution is 2.20. The van der Waals surface area contributed by atoms with Crippen LogP contribution in [0.3, 0.4) is 0 Å². The predicted molar refractivity (Wildman–Crippen MR) is 112 cm³/mol. The molecule has 1 aliphatic rings. The van der Waals surface area contributed by atoms with Gasteiger partial charge in [0.15, 0.2) is 5.76 Å². The molecule has 2 heterocycles. The molecule has 8 nitrogen and oxygen atoms in total. The number of nitrogens with zero attached hydrogens (tertiary/aromatic N) is 2. The molecule has 1 saturated heterocycles. The first-order valence-electron chi connectivity index (χ1n) is 9.47. The van der Waals surface area contributed by atoms with Crippen molar-refractivity contribution < 1.29 is 22.4 Å². The molecule has 0 unspecified atom stereocenters. The number of ether oxygens (including phenoxy) is 1. The highest BCUT2D eigenvalue weighted by molar-refractivity contribution is 7.89. The monoisotopic (exact) mass is 427 g/mol. The van der Waals surface area contributed by atoms with Gasteiger partial charge >= 0.3 is 0 Å². The van der Waals surface area contributed by atoms with Gasteiger partial charge in [0, 0.05) is 24.0 Å². The molecule has 2 aromatic carbocycles. The first-order valence-corrected chi connectivity index (χ1v) is 10.9. The van der Waals surface area contributed by atoms with Crippen molar-refractivity contribution in [3.63, 3.8) is 0 Å². The summed E-state index contributed by atoms with van der Waals surface area (Å²) in [5.41, 5.74) is 3.89. The van der Waals surface area contributed by atoms with Gasteiger partial charge in [0.2, 0.25) is 10.0 Å². The third kappa shape index (κ3) is 4.13. The Labute approximate surface area is 174 Å². The zero-order valence-electron chi connectivity index (χ0n) is 16.4. The van der Waals surface area contributed by atoms with Crippen LogP contribution in [0, 0.1) is 0 Å². The number of para-hydroxylation sites is 1. The molecule has 1 amide bonds. The maximum atomic E-state index is 12.8. The molecule has 0 atom stereocenters. The van der Waals surface area contributed by atoms with Gasteiger partial charge in [0.05, 0.1) is 18.1 Å². The lowest BCUT2D eigenvalue weighted by molar-refractivity contribution is 0.0730. The lowest BCUT2D eigenvalue weighted by Gasteiger charge is -2.26. The van der Waals surface area contributed by atoms with Gasteiger partial charge < -0.3 is 9.15 Å². The number of carbonyl (C=O) groups excluding carboxylic acids is 1. The van der Waals surface area contributed by atoms with Gasteiger partial charge in [0.25, 0.3) is 5.91 Å². The third-order valence-corrected chi connectivity index (χ3v) is 6.71. The Hall–Kier alpha value is -3.01. The summed E-state index contributed by atoms with van der Waals surface area (Å²) >= 11 is 0. The molecule has 156 valence electrons. The Kier molecular flexibility index (Phi) is 5.67. The molecule has 4 rings (SSSR count). The standard InChI is InChI=1S/C21H21N3O5S/c1-15(20-14-16-5-2-3-8-19(16)29-20)22-23-21(25)17-6-4-7-18(13-17)30(26,27)24-9-11-28-12-10-24/h2-8,13-14H,9-12H2,1H3,(H,23,25)/b22-15-. The molecule has 0 saturated carbocycles. The zero-order valence-corrected chi connectivity index (χ0v) is 17.2. The first-order chi connectivity index (χ1) is 14.4. The van der Waals surface area contributed by atoms with Gasteiger partial charge in [-0.3, -0.25) is 4.79 Å². The van der Waals surface area contributed by atoms with Crippen LogP contribution < -0.4 is 5.43 Å². The maximum Gasteiger partial charge on any atom is 0.271 e. The highest BCUT2D eigenvalue weighted by Gasteiger charge is 2.26. The van der Waals surface area contributed by atoms with Crippen LogP contribution in [0.15, 0.2) is 69.0 Å². The van der Waals surface area contributed by atoms with Crippen LogP contribution in [-0.4, -0.2) is 50.6 Å². The molecule has 1 N–H and O–H groups in total. The second-order valence-electron chi connectivity index (χ2n) is 6.83. The number of rotatable bonds is 5. The number of furan rings is 1. The number of carbonyl (C=O) groups is 1. The summed E-state index contributed by atoms with van der Waals surface area (Å²) in [7, 11) is -3.68. The van der Waals surface area contributed by atoms with Gasteiger partial charge in [-0.2, -0.15) is 9.41 Å². The first kappa shape index (κ1) is 20.3. The van der Waals surface area contributed by atoms with E-state index < -0.39 is 15.9 Å². The Bertz CT molecular complexity index is 1180. The van der Waals surface area contributed by atoms with Crippen molar-refractivity contribution in [2.75, 3.05) is 26.3 Å². The van der Waals surface area contributed by atoms with Crippen molar-refractivity contribution in [1.82, 2.24) is 9.73 Å². The molecule has 0 bridgehead atoms. The number of nitrogens with one attached hydrogen (secondary N) is 1. The molecule has 0 aliphatic carbocycles. The fraction of sp³-hybridized carbons (Fsp3) is 0.238. The van der Waals surface area contributed by atoms with Crippen LogP contribution in [0.1, 0.15) is 23.0 Å². The van der Waals surface area contributed by atoms with Crippen molar-refractivity contribution >= 4 is 32.6 Å². The van der Waals surface area contributed by atoms with Gasteiger partial charge in [-0.15, -0.1) is 0 Å². The van der Waals surface area contributed by atoms with E-state index >= 15 is 0 Å². The quantitative estimate of drug-likeness (QED) is 0.498. The summed E-state index contributed by atoms with van der Waals surface area (Å²) in [6, 6.07) is 15.3. The van der Waals surface area contributed by atoms with Crippen LogP contribution in [0.4, 0.5) is 0 Å². The maximum absolute atomic E-state index is 12.8. The van der Waals surface area contributed by atoms with E-state index in [2.05, 4.69) is 10.5 Å². The molecular formula is C21H21N3O5S. The number of sulfonamides is 1. The van der Waals surface area contributed by atoms with E-state index in [0.717, 1.165) is 11.0 Å². The van der Waals surface area contributed by atoms with Crippen LogP contribution >= 0.6 is 0 Å². The molecule has 3 aromatic rings. The second-order valence-corrected chi connectivity index (χ2v) is 8.77. The predicted octanol–water partition coefficient (Wildman–Crippen LogP) is 2.61. The van der Waals surface area contributed by atoms with Gasteiger partial charge in [-0.1, -0.05) is 24.3 Å². The minimum Gasteiger partial charge on any atom is -0.455 e. The topological polar surface area (TPSA) is 101 Å². The molecule has 0 radical (unpaired) electrons. The Morgan fingerprint density at radius 1 is 1.07 bits per heavy atom. The van der Waals surface area contributed by atoms with Crippen LogP contribution in [0.2, 0.25) is 0 Å². The Morgan fingerprint density at radius 3 is 2.60 bits per heavy atom. The zero-order chi connectivity index (χ0) is 21.1. The minimum absolute atomic E-state index is 0.0648. The largest absolute Gasteiger partial charge is 0.455 e. The smallest absolute Gasteiger partial charge is 0.271 e. The van der Waals surface area contributed by atoms with Gasteiger partial charge in [-0.25, -0.2) is 13.8 Å². The Morgan fingerprint density at radius 2 is 1.83 bits per heavy atom. The number of hydrogen-bond donors (Lipinski definition) is 1. The summed E-state index contributed by atoms with van der Waals surface area (Å²) in [5, 5.41) is 5.03. The number of hydrazone groups is 1. The lowest BCUT2D eigenvalue weighted by atomic mass is 10.2. The van der Waals surface area contributed by atoms with E-state index in [9.17, 15) is 13.2 Å². The number of amides is 1. The van der Waals surface area contributed by atoms with Gasteiger partial charge in [-0.05, 0) is 37.3 Å². The van der Waals surface area contributed by atoms with Crippen LogP contribution in [-0.2, 0) is 14.8 Å². The summed E-state index contributed by atoms with van der Waals surface area (Å²) in [6.45, 7) is 3.02. The molecular weight excluding hydrogens is 406 g/mol. The highest BCUT2D eigenvalue weighted by atomic mass is 32.2. The van der Waals surface area contributed by atoms with Crippen LogP contribution in [0.5, 0.6) is 0 Å². The van der Waals surface area contributed by atoms with E-state index in [-0.39, 0.29) is 10.5 Å². The second kappa shape index (κ2) is 8.39. The van der Waals surface area contributed by atoms with E-state index in [0.29, 0.717) is 37.8 Å². The SMILES string of the molecule is C/C(=N/NC(=O)c1cccc(S(=O)(=O)N2CCOCC2)c1)c1cc2ccccc2o1. The minimum atomic E-state index is -3.68. The van der Waals surface area contributed by atoms with Crippen molar-refractivity contribution in [2.24, 2.45) is 5.10 Å². The molecule has 30 heavy (non-hydrogen) atoms. The summed E-state index contributed by atoms with van der Waals surface area (Å²) < 4.78 is 37.9. The summed E-state index contributed by atoms with van der Waals surface area (Å²) in [6.07, 6.45) is 0. The molecule has 1 aliphatic heterocycles. The average molecular weight is 427 g/mol. The Balaban J connectivity index is 1.51. The van der Waals surface area contributed by atoms with Crippen molar-refractivity contribution in [3.8, 4) is 0 Å². The van der Waals surface area contributed by atoms with E-state index in [1.165, 1.54) is 22.5 Å². The van der Waals surface area contributed by atoms with Crippen molar-refractivity contribution in [2.45, 2.75) is 11.8 Å². The number of morpholine rings is 1. The van der Waals surface area contributed by atoms with E-state index in [1.807, 2.05) is 30.3 Å². The van der Waals surface area contributed by atoms with E-state index in [4.69, 9.17) is 9.15 Å². The molecule has 1 aromatic heterocycles.